The van der Waals surface area contributed by atoms with Gasteiger partial charge in [-0.2, -0.15) is 0 Å². The number of ether oxygens (including phenoxy) is 10. The molecule has 6 saturated heterocycles. The maximum Gasteiger partial charge on any atom is 0.187 e. The van der Waals surface area contributed by atoms with Crippen molar-refractivity contribution in [3.05, 3.63) is 11.6 Å². The van der Waals surface area contributed by atoms with Gasteiger partial charge in [-0.05, 0) is 101 Å². The number of hydrogen-bond donors (Lipinski definition) is 11. The number of aliphatic hydroxyl groups is 11. The van der Waals surface area contributed by atoms with Crippen LogP contribution >= 0.6 is 0 Å². The van der Waals surface area contributed by atoms with Crippen molar-refractivity contribution in [2.45, 2.75) is 253 Å². The smallest absolute Gasteiger partial charge is 0.187 e. The van der Waals surface area contributed by atoms with Crippen LogP contribution in [0.5, 0.6) is 0 Å². The molecule has 9 fully saturated rings. The summed E-state index contributed by atoms with van der Waals surface area (Å²) in [6.07, 6.45) is -21.2. The Labute approximate surface area is 420 Å². The molecule has 412 valence electrons. The van der Waals surface area contributed by atoms with Crippen LogP contribution in [0.3, 0.4) is 0 Å². The van der Waals surface area contributed by atoms with Crippen LogP contribution < -0.4 is 0 Å². The van der Waals surface area contributed by atoms with Crippen molar-refractivity contribution in [2.75, 3.05) is 13.2 Å². The summed E-state index contributed by atoms with van der Waals surface area (Å²) < 4.78 is 61.9. The molecule has 0 radical (unpaired) electrons. The minimum Gasteiger partial charge on any atom is -0.394 e. The van der Waals surface area contributed by atoms with Gasteiger partial charge in [0.15, 0.2) is 30.9 Å². The molecule has 0 aromatic carbocycles. The van der Waals surface area contributed by atoms with Gasteiger partial charge >= 0.3 is 0 Å². The van der Waals surface area contributed by atoms with Crippen molar-refractivity contribution in [2.24, 2.45) is 40.4 Å². The fourth-order valence-electron chi connectivity index (χ4n) is 15.4. The molecule has 0 aromatic rings. The molecule has 10 aliphatic rings. The topological polar surface area (TPSA) is 315 Å². The number of hydrogen-bond acceptors (Lipinski definition) is 21. The molecule has 21 heteroatoms. The second-order valence-corrected chi connectivity index (χ2v) is 23.9. The third-order valence-corrected chi connectivity index (χ3v) is 20.0. The molecule has 0 amide bonds. The van der Waals surface area contributed by atoms with E-state index in [1.54, 1.807) is 0 Å². The van der Waals surface area contributed by atoms with Gasteiger partial charge in [-0.1, -0.05) is 39.3 Å². The third-order valence-electron chi connectivity index (χ3n) is 20.0. The van der Waals surface area contributed by atoms with Crippen LogP contribution in [-0.2, 0) is 47.4 Å². The van der Waals surface area contributed by atoms with E-state index in [2.05, 4.69) is 33.8 Å². The summed E-state index contributed by atoms with van der Waals surface area (Å²) in [5, 5.41) is 122. The Kier molecular flexibility index (Phi) is 15.1. The fraction of sp³-hybridized carbons (Fsp3) is 0.961. The van der Waals surface area contributed by atoms with E-state index in [9.17, 15) is 56.2 Å². The zero-order valence-corrected chi connectivity index (χ0v) is 42.4. The lowest BCUT2D eigenvalue weighted by atomic mass is 9.46. The number of rotatable bonds is 9. The molecule has 4 aliphatic carbocycles. The standard InChI is InChI=1S/C51H82O21/c1-20-10-15-50(63-19-20)24(5)51(62)31(72-50)17-29-27-9-8-25-16-26(11-13-48(25,6)28(27)12-14-49(29,51)7)67-47-43(71-45-38(59)35(56)33(54)22(3)65-45)40(61)42(30(18-52)68-47)70-46-39(60)36(57)41(23(4)66-46)69-44-37(58)34(55)32(53)21(2)64-44/h8,20-24,26-47,52-62H,9-19H2,1-7H3/t20?,21?,22?,23?,24?,26?,27-,28-,29+,30?,31+,32?,33?,34?,35?,36?,37?,38?,39?,40?,41?,42?,43?,44?,45?,46?,47?,48+,49+,50-,51-/m1/s1. The molecule has 6 heterocycles. The normalized spacial score (nSPS) is 58.8. The maximum atomic E-state index is 12.9. The molecule has 1 spiro atoms. The van der Waals surface area contributed by atoms with Crippen LogP contribution in [-0.4, -0.2) is 216 Å². The molecular formula is C51H82O21. The minimum absolute atomic E-state index is 0.151. The van der Waals surface area contributed by atoms with E-state index in [4.69, 9.17) is 47.4 Å². The van der Waals surface area contributed by atoms with Crippen LogP contribution in [0, 0.1) is 40.4 Å². The molecule has 0 aromatic heterocycles. The molecular weight excluding hydrogens is 949 g/mol. The molecule has 31 atom stereocenters. The lowest BCUT2D eigenvalue weighted by molar-refractivity contribution is -0.394. The summed E-state index contributed by atoms with van der Waals surface area (Å²) in [7, 11) is 0. The zero-order chi connectivity index (χ0) is 51.7. The highest BCUT2D eigenvalue weighted by atomic mass is 16.8. The average molecular weight is 1030 g/mol. The Morgan fingerprint density at radius 3 is 1.81 bits per heavy atom. The second kappa shape index (κ2) is 20.0. The Bertz CT molecular complexity index is 1940. The van der Waals surface area contributed by atoms with Crippen LogP contribution in [0.4, 0.5) is 0 Å². The highest BCUT2D eigenvalue weighted by Crippen LogP contribution is 2.72. The van der Waals surface area contributed by atoms with E-state index in [0.717, 1.165) is 44.9 Å². The van der Waals surface area contributed by atoms with Gasteiger partial charge in [0.05, 0.1) is 43.7 Å². The molecule has 72 heavy (non-hydrogen) atoms. The minimum atomic E-state index is -1.86. The van der Waals surface area contributed by atoms with Gasteiger partial charge in [0.1, 0.15) is 85.0 Å². The van der Waals surface area contributed by atoms with Crippen molar-refractivity contribution in [1.82, 2.24) is 0 Å². The highest BCUT2D eigenvalue weighted by molar-refractivity contribution is 5.29. The van der Waals surface area contributed by atoms with Crippen molar-refractivity contribution in [3.8, 4) is 0 Å². The first-order valence-electron chi connectivity index (χ1n) is 26.7. The molecule has 0 bridgehead atoms. The van der Waals surface area contributed by atoms with Gasteiger partial charge < -0.3 is 104 Å². The van der Waals surface area contributed by atoms with E-state index in [1.807, 2.05) is 0 Å². The molecule has 21 nitrogen and oxygen atoms in total. The van der Waals surface area contributed by atoms with E-state index in [-0.39, 0.29) is 28.8 Å². The summed E-state index contributed by atoms with van der Waals surface area (Å²) in [6, 6.07) is 0. The predicted molar refractivity (Wildman–Crippen MR) is 245 cm³/mol. The van der Waals surface area contributed by atoms with Crippen molar-refractivity contribution in [1.29, 1.82) is 0 Å². The first-order valence-corrected chi connectivity index (χ1v) is 26.7. The third kappa shape index (κ3) is 8.63. The molecule has 6 aliphatic heterocycles. The van der Waals surface area contributed by atoms with E-state index in [1.165, 1.54) is 26.3 Å². The highest BCUT2D eigenvalue weighted by Gasteiger charge is 2.76. The van der Waals surface area contributed by atoms with Gasteiger partial charge in [0.2, 0.25) is 0 Å². The van der Waals surface area contributed by atoms with Crippen molar-refractivity contribution in [3.63, 3.8) is 0 Å². The number of allylic oxidation sites excluding steroid dienone is 1. The van der Waals surface area contributed by atoms with E-state index in [0.29, 0.717) is 37.2 Å². The summed E-state index contributed by atoms with van der Waals surface area (Å²) in [5.41, 5.74) is -0.230. The zero-order valence-electron chi connectivity index (χ0n) is 42.4. The molecule has 23 unspecified atom stereocenters. The van der Waals surface area contributed by atoms with E-state index >= 15 is 0 Å². The molecule has 3 saturated carbocycles. The van der Waals surface area contributed by atoms with E-state index < -0.39 is 147 Å². The van der Waals surface area contributed by atoms with Gasteiger partial charge in [-0.15, -0.1) is 0 Å². The predicted octanol–water partition coefficient (Wildman–Crippen LogP) is -0.792. The van der Waals surface area contributed by atoms with Crippen molar-refractivity contribution >= 4 is 0 Å². The Morgan fingerprint density at radius 1 is 0.597 bits per heavy atom. The van der Waals surface area contributed by atoms with Crippen molar-refractivity contribution < 1.29 is 104 Å². The SMILES string of the molecule is CC1CC[C@@]2(OC1)O[C@H]1C[C@H]3[C@@H]4CC=C5CC(OC6OC(CO)C(OC7OC(C)C(OC8OC(C)C(O)C(O)C8O)C(O)C7O)C(O)C6OC6OC(C)C(O)C(O)C6O)CC[C@]5(C)[C@@H]4CC[C@]3(C)[C@@]1(O)C2C. The second-order valence-electron chi connectivity index (χ2n) is 23.9. The quantitative estimate of drug-likeness (QED) is 0.126. The lowest BCUT2D eigenvalue weighted by Gasteiger charge is -2.60. The fourth-order valence-corrected chi connectivity index (χ4v) is 15.4. The van der Waals surface area contributed by atoms with Crippen LogP contribution in [0.15, 0.2) is 11.6 Å². The largest absolute Gasteiger partial charge is 0.394 e. The maximum absolute atomic E-state index is 12.9. The first-order chi connectivity index (χ1) is 34.0. The van der Waals surface area contributed by atoms with Gasteiger partial charge in [0, 0.05) is 17.8 Å². The van der Waals surface area contributed by atoms with Crippen LogP contribution in [0.25, 0.3) is 0 Å². The Hall–Kier alpha value is -1.10. The van der Waals surface area contributed by atoms with Gasteiger partial charge in [0.25, 0.3) is 0 Å². The average Bonchev–Trinajstić information content (AvgIpc) is 3.71. The number of fused-ring (bicyclic) bond motifs is 7. The van der Waals surface area contributed by atoms with Gasteiger partial charge in [-0.3, -0.25) is 0 Å². The van der Waals surface area contributed by atoms with Gasteiger partial charge in [-0.25, -0.2) is 0 Å². The molecule has 11 N–H and O–H groups in total. The summed E-state index contributed by atoms with van der Waals surface area (Å²) in [4.78, 5) is 0. The van der Waals surface area contributed by atoms with Crippen LogP contribution in [0.1, 0.15) is 106 Å². The monoisotopic (exact) mass is 1030 g/mol. The Balaban J connectivity index is 0.842. The van der Waals surface area contributed by atoms with Crippen LogP contribution in [0.2, 0.25) is 0 Å². The Morgan fingerprint density at radius 2 is 1.19 bits per heavy atom. The summed E-state index contributed by atoms with van der Waals surface area (Å²) in [6.45, 7) is 13.3. The summed E-state index contributed by atoms with van der Waals surface area (Å²) in [5.74, 6) is 0.531. The summed E-state index contributed by atoms with van der Waals surface area (Å²) >= 11 is 0. The number of aliphatic hydroxyl groups excluding tert-OH is 10. The first kappa shape index (κ1) is 54.3. The lowest BCUT2D eigenvalue weighted by Crippen LogP contribution is -2.67. The molecule has 10 rings (SSSR count).